The first-order chi connectivity index (χ1) is 12.1. The predicted molar refractivity (Wildman–Crippen MR) is 96.4 cm³/mol. The Morgan fingerprint density at radius 1 is 1.24 bits per heavy atom. The molecule has 0 saturated heterocycles. The number of nitrogens with zero attached hydrogens (tertiary/aromatic N) is 4. The van der Waals surface area contributed by atoms with E-state index in [9.17, 15) is 4.79 Å². The van der Waals surface area contributed by atoms with Gasteiger partial charge < -0.3 is 14.2 Å². The molecule has 0 aliphatic carbocycles. The summed E-state index contributed by atoms with van der Waals surface area (Å²) in [6.45, 7) is 0.852. The topological polar surface area (TPSA) is 52.3 Å². The Bertz CT molecular complexity index is 841. The van der Waals surface area contributed by atoms with E-state index < -0.39 is 0 Å². The average Bonchev–Trinajstić information content (AvgIpc) is 3.25. The smallest absolute Gasteiger partial charge is 0.259 e. The number of amides is 1. The third kappa shape index (κ3) is 3.85. The molecule has 0 fully saturated rings. The van der Waals surface area contributed by atoms with Crippen LogP contribution in [0.4, 0.5) is 0 Å². The fourth-order valence-corrected chi connectivity index (χ4v) is 2.63. The van der Waals surface area contributed by atoms with Crippen LogP contribution in [0.2, 0.25) is 5.02 Å². The quantitative estimate of drug-likeness (QED) is 0.680. The van der Waals surface area contributed by atoms with Crippen LogP contribution in [-0.2, 0) is 7.05 Å². The molecule has 1 amide bonds. The van der Waals surface area contributed by atoms with Crippen molar-refractivity contribution in [1.82, 2.24) is 19.2 Å². The summed E-state index contributed by atoms with van der Waals surface area (Å²) in [5, 5.41) is 4.88. The van der Waals surface area contributed by atoms with Crippen LogP contribution < -0.4 is 4.74 Å². The van der Waals surface area contributed by atoms with E-state index in [2.05, 4.69) is 5.10 Å². The number of carbonyl (C=O) groups excluding carboxylic acids is 1. The zero-order valence-electron chi connectivity index (χ0n) is 14.1. The van der Waals surface area contributed by atoms with E-state index >= 15 is 0 Å². The number of aromatic nitrogens is 3. The molecule has 0 aliphatic rings. The molecule has 0 unspecified atom stereocenters. The van der Waals surface area contributed by atoms with E-state index in [4.69, 9.17) is 16.3 Å². The summed E-state index contributed by atoms with van der Waals surface area (Å²) in [4.78, 5) is 14.4. The van der Waals surface area contributed by atoms with Crippen LogP contribution in [-0.4, -0.2) is 45.4 Å². The fourth-order valence-electron chi connectivity index (χ4n) is 2.50. The van der Waals surface area contributed by atoms with Crippen molar-refractivity contribution in [2.45, 2.75) is 0 Å². The molecule has 0 spiro atoms. The first-order valence-electron chi connectivity index (χ1n) is 7.85. The van der Waals surface area contributed by atoms with Gasteiger partial charge in [-0.05, 0) is 36.4 Å². The van der Waals surface area contributed by atoms with Crippen LogP contribution in [0, 0.1) is 0 Å². The maximum Gasteiger partial charge on any atom is 0.259 e. The largest absolute Gasteiger partial charge is 0.492 e. The molecule has 1 aromatic carbocycles. The van der Waals surface area contributed by atoms with Gasteiger partial charge in [-0.2, -0.15) is 5.10 Å². The van der Waals surface area contributed by atoms with Crippen molar-refractivity contribution in [3.8, 4) is 11.6 Å². The Labute approximate surface area is 151 Å². The van der Waals surface area contributed by atoms with Gasteiger partial charge in [0.25, 0.3) is 5.91 Å². The second-order valence-corrected chi connectivity index (χ2v) is 6.06. The molecule has 130 valence electrons. The lowest BCUT2D eigenvalue weighted by molar-refractivity contribution is 0.0773. The highest BCUT2D eigenvalue weighted by Crippen LogP contribution is 2.17. The van der Waals surface area contributed by atoms with Gasteiger partial charge in [-0.25, -0.2) is 0 Å². The molecule has 3 rings (SSSR count). The number of halogens is 1. The highest BCUT2D eigenvalue weighted by molar-refractivity contribution is 6.30. The molecule has 3 aromatic rings. The van der Waals surface area contributed by atoms with Gasteiger partial charge in [0.1, 0.15) is 23.7 Å². The summed E-state index contributed by atoms with van der Waals surface area (Å²) in [6, 6.07) is 11.0. The van der Waals surface area contributed by atoms with Gasteiger partial charge in [0.2, 0.25) is 0 Å². The zero-order valence-corrected chi connectivity index (χ0v) is 14.8. The van der Waals surface area contributed by atoms with Crippen molar-refractivity contribution in [2.24, 2.45) is 7.05 Å². The van der Waals surface area contributed by atoms with Crippen molar-refractivity contribution < 1.29 is 9.53 Å². The number of rotatable bonds is 6. The van der Waals surface area contributed by atoms with Gasteiger partial charge in [0.05, 0.1) is 12.7 Å². The highest BCUT2D eigenvalue weighted by atomic mass is 35.5. The van der Waals surface area contributed by atoms with E-state index in [1.807, 2.05) is 36.1 Å². The summed E-state index contributed by atoms with van der Waals surface area (Å²) in [6.07, 6.45) is 5.36. The maximum atomic E-state index is 12.7. The molecular weight excluding hydrogens is 340 g/mol. The van der Waals surface area contributed by atoms with Crippen molar-refractivity contribution in [1.29, 1.82) is 0 Å². The van der Waals surface area contributed by atoms with E-state index in [1.54, 1.807) is 47.1 Å². The Morgan fingerprint density at radius 2 is 1.92 bits per heavy atom. The van der Waals surface area contributed by atoms with E-state index in [0.29, 0.717) is 23.7 Å². The SMILES string of the molecule is CN(CCOc1ccc(Cl)cc1)C(=O)c1cnn(C)c1-n1cccc1. The third-order valence-corrected chi connectivity index (χ3v) is 4.09. The lowest BCUT2D eigenvalue weighted by atomic mass is 10.3. The highest BCUT2D eigenvalue weighted by Gasteiger charge is 2.20. The Balaban J connectivity index is 1.64. The number of ether oxygens (including phenoxy) is 1. The van der Waals surface area contributed by atoms with Gasteiger partial charge in [0, 0.05) is 31.5 Å². The monoisotopic (exact) mass is 358 g/mol. The molecule has 6 nitrogen and oxygen atoms in total. The van der Waals surface area contributed by atoms with Crippen LogP contribution in [0.25, 0.3) is 5.82 Å². The lowest BCUT2D eigenvalue weighted by Gasteiger charge is -2.18. The van der Waals surface area contributed by atoms with E-state index in [0.717, 1.165) is 11.6 Å². The number of aryl methyl sites for hydroxylation is 1. The molecule has 0 atom stereocenters. The van der Waals surface area contributed by atoms with Gasteiger partial charge >= 0.3 is 0 Å². The minimum Gasteiger partial charge on any atom is -0.492 e. The van der Waals surface area contributed by atoms with Crippen molar-refractivity contribution in [3.05, 3.63) is 65.6 Å². The fraction of sp³-hybridized carbons (Fsp3) is 0.222. The number of hydrogen-bond acceptors (Lipinski definition) is 3. The maximum absolute atomic E-state index is 12.7. The molecule has 0 bridgehead atoms. The molecule has 0 radical (unpaired) electrons. The van der Waals surface area contributed by atoms with Crippen LogP contribution in [0.15, 0.2) is 55.0 Å². The summed E-state index contributed by atoms with van der Waals surface area (Å²) < 4.78 is 9.21. The van der Waals surface area contributed by atoms with E-state index in [-0.39, 0.29) is 5.91 Å². The molecule has 2 aromatic heterocycles. The van der Waals surface area contributed by atoms with Gasteiger partial charge in [-0.3, -0.25) is 9.48 Å². The van der Waals surface area contributed by atoms with Crippen molar-refractivity contribution >= 4 is 17.5 Å². The second-order valence-electron chi connectivity index (χ2n) is 5.62. The zero-order chi connectivity index (χ0) is 17.8. The number of benzene rings is 1. The summed E-state index contributed by atoms with van der Waals surface area (Å²) in [7, 11) is 3.57. The minimum absolute atomic E-state index is 0.100. The standard InChI is InChI=1S/C18H19ClN4O2/c1-21(11-12-25-15-7-5-14(19)6-8-15)18(24)16-13-20-22(2)17(16)23-9-3-4-10-23/h3-10,13H,11-12H2,1-2H3. The third-order valence-electron chi connectivity index (χ3n) is 3.84. The van der Waals surface area contributed by atoms with Gasteiger partial charge in [-0.1, -0.05) is 11.6 Å². The molecule has 7 heteroatoms. The first kappa shape index (κ1) is 17.1. The summed E-state index contributed by atoms with van der Waals surface area (Å²) in [5.41, 5.74) is 0.549. The van der Waals surface area contributed by atoms with Gasteiger partial charge in [-0.15, -0.1) is 0 Å². The van der Waals surface area contributed by atoms with Crippen LogP contribution >= 0.6 is 11.6 Å². The molecule has 0 aliphatic heterocycles. The molecule has 25 heavy (non-hydrogen) atoms. The Kier molecular flexibility index (Phi) is 5.09. The lowest BCUT2D eigenvalue weighted by Crippen LogP contribution is -2.31. The van der Waals surface area contributed by atoms with Crippen molar-refractivity contribution in [2.75, 3.05) is 20.2 Å². The van der Waals surface area contributed by atoms with Crippen LogP contribution in [0.1, 0.15) is 10.4 Å². The summed E-state index contributed by atoms with van der Waals surface area (Å²) >= 11 is 5.85. The second kappa shape index (κ2) is 7.44. The van der Waals surface area contributed by atoms with Crippen LogP contribution in [0.3, 0.4) is 0 Å². The number of carbonyl (C=O) groups is 1. The minimum atomic E-state index is -0.100. The molecular formula is C18H19ClN4O2. The summed E-state index contributed by atoms with van der Waals surface area (Å²) in [5.74, 6) is 1.36. The molecule has 2 heterocycles. The van der Waals surface area contributed by atoms with Gasteiger partial charge in [0.15, 0.2) is 0 Å². The normalized spacial score (nSPS) is 10.7. The Morgan fingerprint density at radius 3 is 2.60 bits per heavy atom. The molecule has 0 N–H and O–H groups in total. The van der Waals surface area contributed by atoms with E-state index in [1.165, 1.54) is 0 Å². The molecule has 0 saturated carbocycles. The predicted octanol–water partition coefficient (Wildman–Crippen LogP) is 3.02. The Hall–Kier alpha value is -2.73. The number of likely N-dealkylation sites (N-methyl/N-ethyl adjacent to an activating group) is 1. The van der Waals surface area contributed by atoms with Crippen molar-refractivity contribution in [3.63, 3.8) is 0 Å². The van der Waals surface area contributed by atoms with Crippen LogP contribution in [0.5, 0.6) is 5.75 Å². The number of hydrogen-bond donors (Lipinski definition) is 0. The average molecular weight is 359 g/mol. The first-order valence-corrected chi connectivity index (χ1v) is 8.23.